The van der Waals surface area contributed by atoms with Crippen LogP contribution < -0.4 is 0 Å². The maximum Gasteiger partial charge on any atom is 0.162 e. The Labute approximate surface area is 79.1 Å². The smallest absolute Gasteiger partial charge is 0.162 e. The van der Waals surface area contributed by atoms with Crippen LogP contribution in [0.1, 0.15) is 32.2 Å². The molecule has 13 heavy (non-hydrogen) atoms. The van der Waals surface area contributed by atoms with Gasteiger partial charge in [0, 0.05) is 12.7 Å². The van der Waals surface area contributed by atoms with Crippen molar-refractivity contribution in [1.82, 2.24) is 5.16 Å². The molecule has 74 valence electrons. The Hall–Kier alpha value is -0.830. The van der Waals surface area contributed by atoms with Gasteiger partial charge in [0.25, 0.3) is 0 Å². The first-order chi connectivity index (χ1) is 6.22. The van der Waals surface area contributed by atoms with Gasteiger partial charge >= 0.3 is 0 Å². The molecular formula is C10H17NO2. The molecule has 3 heteroatoms. The quantitative estimate of drug-likeness (QED) is 0.703. The van der Waals surface area contributed by atoms with Crippen molar-refractivity contribution in [3.8, 4) is 0 Å². The van der Waals surface area contributed by atoms with Gasteiger partial charge in [-0.25, -0.2) is 0 Å². The molecule has 1 heterocycles. The highest BCUT2D eigenvalue weighted by molar-refractivity contribution is 5.03. The fraction of sp³-hybridized carbons (Fsp3) is 0.700. The first kappa shape index (κ1) is 10.3. The minimum absolute atomic E-state index is 0.533. The molecular weight excluding hydrogens is 166 g/mol. The number of hydrogen-bond acceptors (Lipinski definition) is 3. The molecule has 0 atom stereocenters. The molecule has 0 amide bonds. The molecule has 0 saturated carbocycles. The van der Waals surface area contributed by atoms with Crippen molar-refractivity contribution < 1.29 is 9.26 Å². The zero-order valence-electron chi connectivity index (χ0n) is 8.54. The molecule has 0 aliphatic rings. The van der Waals surface area contributed by atoms with Crippen molar-refractivity contribution in [3.63, 3.8) is 0 Å². The summed E-state index contributed by atoms with van der Waals surface area (Å²) in [6, 6.07) is 1.94. The average Bonchev–Trinajstić information content (AvgIpc) is 2.52. The fourth-order valence-corrected chi connectivity index (χ4v) is 0.986. The van der Waals surface area contributed by atoms with E-state index in [1.54, 1.807) is 0 Å². The van der Waals surface area contributed by atoms with E-state index in [1.807, 2.05) is 6.07 Å². The van der Waals surface area contributed by atoms with Crippen LogP contribution >= 0.6 is 0 Å². The Balaban J connectivity index is 2.28. The molecule has 1 rings (SSSR count). The molecule has 0 saturated heterocycles. The lowest BCUT2D eigenvalue weighted by Crippen LogP contribution is -2.01. The van der Waals surface area contributed by atoms with Crippen LogP contribution in [0.3, 0.4) is 0 Å². The molecule has 0 bridgehead atoms. The van der Waals surface area contributed by atoms with Crippen molar-refractivity contribution in [2.75, 3.05) is 6.61 Å². The number of rotatable bonds is 5. The molecule has 0 unspecified atom stereocenters. The van der Waals surface area contributed by atoms with Crippen molar-refractivity contribution in [2.45, 2.75) is 33.8 Å². The van der Waals surface area contributed by atoms with Gasteiger partial charge in [0.15, 0.2) is 5.76 Å². The zero-order chi connectivity index (χ0) is 9.68. The first-order valence-electron chi connectivity index (χ1n) is 4.74. The second-order valence-electron chi connectivity index (χ2n) is 3.55. The monoisotopic (exact) mass is 183 g/mol. The van der Waals surface area contributed by atoms with Crippen LogP contribution in [0.4, 0.5) is 0 Å². The molecule has 0 fully saturated rings. The molecule has 0 radical (unpaired) electrons. The van der Waals surface area contributed by atoms with Gasteiger partial charge in [0.1, 0.15) is 6.61 Å². The minimum atomic E-state index is 0.533. The van der Waals surface area contributed by atoms with Crippen molar-refractivity contribution in [2.24, 2.45) is 5.92 Å². The van der Waals surface area contributed by atoms with Gasteiger partial charge in [-0.1, -0.05) is 25.9 Å². The normalized spacial score (nSPS) is 11.1. The summed E-state index contributed by atoms with van der Waals surface area (Å²) in [5.74, 6) is 1.38. The SMILES string of the molecule is CCc1cc(COCC(C)C)on1. The summed E-state index contributed by atoms with van der Waals surface area (Å²) in [5, 5.41) is 3.88. The molecule has 0 spiro atoms. The van der Waals surface area contributed by atoms with Gasteiger partial charge < -0.3 is 9.26 Å². The Kier molecular flexibility index (Phi) is 3.96. The second-order valence-corrected chi connectivity index (χ2v) is 3.55. The Bertz CT molecular complexity index is 243. The van der Waals surface area contributed by atoms with E-state index in [0.717, 1.165) is 24.5 Å². The average molecular weight is 183 g/mol. The van der Waals surface area contributed by atoms with Crippen molar-refractivity contribution >= 4 is 0 Å². The van der Waals surface area contributed by atoms with E-state index in [2.05, 4.69) is 25.9 Å². The van der Waals surface area contributed by atoms with Gasteiger partial charge in [-0.15, -0.1) is 0 Å². The van der Waals surface area contributed by atoms with Gasteiger partial charge in [-0.2, -0.15) is 0 Å². The third-order valence-electron chi connectivity index (χ3n) is 1.67. The van der Waals surface area contributed by atoms with E-state index in [-0.39, 0.29) is 0 Å². The number of ether oxygens (including phenoxy) is 1. The van der Waals surface area contributed by atoms with E-state index >= 15 is 0 Å². The maximum absolute atomic E-state index is 5.41. The van der Waals surface area contributed by atoms with E-state index in [9.17, 15) is 0 Å². The van der Waals surface area contributed by atoms with E-state index < -0.39 is 0 Å². The van der Waals surface area contributed by atoms with Crippen LogP contribution in [0.2, 0.25) is 0 Å². The lowest BCUT2D eigenvalue weighted by molar-refractivity contribution is 0.0805. The summed E-state index contributed by atoms with van der Waals surface area (Å²) in [7, 11) is 0. The largest absolute Gasteiger partial charge is 0.373 e. The van der Waals surface area contributed by atoms with Crippen LogP contribution in [0.5, 0.6) is 0 Å². The fourth-order valence-electron chi connectivity index (χ4n) is 0.986. The van der Waals surface area contributed by atoms with Crippen LogP contribution in [-0.2, 0) is 17.8 Å². The Morgan fingerprint density at radius 2 is 2.31 bits per heavy atom. The van der Waals surface area contributed by atoms with Gasteiger partial charge in [0.05, 0.1) is 5.69 Å². The van der Waals surface area contributed by atoms with E-state index in [0.29, 0.717) is 12.5 Å². The summed E-state index contributed by atoms with van der Waals surface area (Å²) >= 11 is 0. The number of aromatic nitrogens is 1. The highest BCUT2D eigenvalue weighted by Gasteiger charge is 2.02. The summed E-state index contributed by atoms with van der Waals surface area (Å²) < 4.78 is 10.5. The summed E-state index contributed by atoms with van der Waals surface area (Å²) in [4.78, 5) is 0. The number of nitrogens with zero attached hydrogens (tertiary/aromatic N) is 1. The molecule has 1 aromatic heterocycles. The van der Waals surface area contributed by atoms with E-state index in [4.69, 9.17) is 9.26 Å². The predicted molar refractivity (Wildman–Crippen MR) is 50.4 cm³/mol. The lowest BCUT2D eigenvalue weighted by atomic mass is 10.2. The molecule has 3 nitrogen and oxygen atoms in total. The maximum atomic E-state index is 5.41. The molecule has 0 aliphatic carbocycles. The van der Waals surface area contributed by atoms with Crippen LogP contribution in [-0.4, -0.2) is 11.8 Å². The number of aryl methyl sites for hydroxylation is 1. The third kappa shape index (κ3) is 3.59. The van der Waals surface area contributed by atoms with E-state index in [1.165, 1.54) is 0 Å². The standard InChI is InChI=1S/C10H17NO2/c1-4-9-5-10(13-11-9)7-12-6-8(2)3/h5,8H,4,6-7H2,1-3H3. The van der Waals surface area contributed by atoms with Crippen LogP contribution in [0.25, 0.3) is 0 Å². The van der Waals surface area contributed by atoms with Crippen LogP contribution in [0.15, 0.2) is 10.6 Å². The predicted octanol–water partition coefficient (Wildman–Crippen LogP) is 2.41. The Morgan fingerprint density at radius 1 is 1.54 bits per heavy atom. The Morgan fingerprint density at radius 3 is 2.85 bits per heavy atom. The summed E-state index contributed by atoms with van der Waals surface area (Å²) in [6.07, 6.45) is 0.910. The first-order valence-corrected chi connectivity index (χ1v) is 4.74. The van der Waals surface area contributed by atoms with Crippen molar-refractivity contribution in [1.29, 1.82) is 0 Å². The second kappa shape index (κ2) is 5.02. The lowest BCUT2D eigenvalue weighted by Gasteiger charge is -2.03. The highest BCUT2D eigenvalue weighted by Crippen LogP contribution is 2.06. The third-order valence-corrected chi connectivity index (χ3v) is 1.67. The molecule has 0 N–H and O–H groups in total. The van der Waals surface area contributed by atoms with Gasteiger partial charge in [-0.05, 0) is 12.3 Å². The molecule has 0 aliphatic heterocycles. The molecule has 0 aromatic carbocycles. The number of hydrogen-bond donors (Lipinski definition) is 0. The van der Waals surface area contributed by atoms with Crippen molar-refractivity contribution in [3.05, 3.63) is 17.5 Å². The zero-order valence-corrected chi connectivity index (χ0v) is 8.54. The van der Waals surface area contributed by atoms with Gasteiger partial charge in [0.2, 0.25) is 0 Å². The highest BCUT2D eigenvalue weighted by atomic mass is 16.5. The van der Waals surface area contributed by atoms with Crippen LogP contribution in [0, 0.1) is 5.92 Å². The topological polar surface area (TPSA) is 35.3 Å². The summed E-state index contributed by atoms with van der Waals surface area (Å²) in [6.45, 7) is 7.60. The molecule has 1 aromatic rings. The minimum Gasteiger partial charge on any atom is -0.373 e. The van der Waals surface area contributed by atoms with Gasteiger partial charge in [-0.3, -0.25) is 0 Å². The summed E-state index contributed by atoms with van der Waals surface area (Å²) in [5.41, 5.74) is 0.989.